The van der Waals surface area contributed by atoms with Crippen LogP contribution in [0.25, 0.3) is 0 Å². The summed E-state index contributed by atoms with van der Waals surface area (Å²) in [5.74, 6) is 1.15. The number of benzene rings is 1. The van der Waals surface area contributed by atoms with Gasteiger partial charge in [0.15, 0.2) is 0 Å². The average Bonchev–Trinajstić information content (AvgIpc) is 2.61. The molecule has 1 N–H and O–H groups in total. The molecule has 0 saturated carbocycles. The molecule has 1 aromatic carbocycles. The number of ether oxygens (including phenoxy) is 1. The van der Waals surface area contributed by atoms with E-state index in [4.69, 9.17) is 4.74 Å². The van der Waals surface area contributed by atoms with Crippen molar-refractivity contribution in [1.82, 2.24) is 5.32 Å². The summed E-state index contributed by atoms with van der Waals surface area (Å²) in [6, 6.07) is 6.55. The van der Waals surface area contributed by atoms with Gasteiger partial charge in [0.25, 0.3) is 0 Å². The van der Waals surface area contributed by atoms with Gasteiger partial charge < -0.3 is 10.1 Å². The highest BCUT2D eigenvalue weighted by molar-refractivity contribution is 5.85. The van der Waals surface area contributed by atoms with Gasteiger partial charge in [0.2, 0.25) is 0 Å². The number of halogens is 1. The third-order valence-corrected chi connectivity index (χ3v) is 3.84. The van der Waals surface area contributed by atoms with Crippen LogP contribution in [0.1, 0.15) is 24.0 Å². The van der Waals surface area contributed by atoms with Crippen molar-refractivity contribution in [2.24, 2.45) is 0 Å². The molecule has 1 fully saturated rings. The Bertz CT molecular complexity index is 386. The van der Waals surface area contributed by atoms with Crippen molar-refractivity contribution in [2.45, 2.75) is 25.2 Å². The Kier molecular flexibility index (Phi) is 3.13. The van der Waals surface area contributed by atoms with E-state index in [9.17, 15) is 0 Å². The molecule has 0 amide bonds. The highest BCUT2D eigenvalue weighted by Crippen LogP contribution is 2.45. The largest absolute Gasteiger partial charge is 0.492 e. The molecule has 1 spiro atoms. The quantitative estimate of drug-likeness (QED) is 0.751. The second kappa shape index (κ2) is 4.27. The normalized spacial score (nSPS) is 21.1. The second-order valence-corrected chi connectivity index (χ2v) is 4.77. The number of hydrogen-bond acceptors (Lipinski definition) is 2. The van der Waals surface area contributed by atoms with E-state index in [0.29, 0.717) is 5.41 Å². The Balaban J connectivity index is 0.000000963. The van der Waals surface area contributed by atoms with E-state index in [2.05, 4.69) is 30.4 Å². The molecule has 0 aliphatic carbocycles. The van der Waals surface area contributed by atoms with Gasteiger partial charge in [0, 0.05) is 11.0 Å². The van der Waals surface area contributed by atoms with E-state index >= 15 is 0 Å². The Morgan fingerprint density at radius 3 is 2.75 bits per heavy atom. The summed E-state index contributed by atoms with van der Waals surface area (Å²) in [5, 5.41) is 3.43. The number of piperidine rings is 1. The predicted molar refractivity (Wildman–Crippen MR) is 67.7 cm³/mol. The standard InChI is InChI=1S/C13H17NO.ClH/c1-10-3-2-4-11-12(10)15-9-13(11)5-7-14-8-6-13;/h2-4,14H,5-9H2,1H3;1H. The van der Waals surface area contributed by atoms with Crippen LogP contribution in [-0.2, 0) is 5.41 Å². The molecule has 0 unspecified atom stereocenters. The van der Waals surface area contributed by atoms with Crippen molar-refractivity contribution in [1.29, 1.82) is 0 Å². The summed E-state index contributed by atoms with van der Waals surface area (Å²) in [6.07, 6.45) is 2.42. The lowest BCUT2D eigenvalue weighted by Gasteiger charge is -2.32. The Hall–Kier alpha value is -0.730. The van der Waals surface area contributed by atoms with E-state index in [1.165, 1.54) is 24.0 Å². The molecule has 0 radical (unpaired) electrons. The third-order valence-electron chi connectivity index (χ3n) is 3.84. The molecule has 88 valence electrons. The van der Waals surface area contributed by atoms with E-state index < -0.39 is 0 Å². The average molecular weight is 240 g/mol. The van der Waals surface area contributed by atoms with Gasteiger partial charge in [-0.05, 0) is 38.4 Å². The van der Waals surface area contributed by atoms with Crippen molar-refractivity contribution < 1.29 is 4.74 Å². The zero-order valence-electron chi connectivity index (χ0n) is 9.58. The SMILES string of the molecule is Cc1cccc2c1OCC21CCNCC1.Cl. The molecule has 2 aliphatic rings. The van der Waals surface area contributed by atoms with Gasteiger partial charge in [-0.15, -0.1) is 12.4 Å². The zero-order chi connectivity index (χ0) is 10.3. The lowest BCUT2D eigenvalue weighted by atomic mass is 9.74. The third kappa shape index (κ3) is 1.61. The van der Waals surface area contributed by atoms with Crippen molar-refractivity contribution in [3.8, 4) is 5.75 Å². The van der Waals surface area contributed by atoms with Gasteiger partial charge in [0.05, 0.1) is 6.61 Å². The van der Waals surface area contributed by atoms with Crippen LogP contribution in [-0.4, -0.2) is 19.7 Å². The van der Waals surface area contributed by atoms with E-state index in [-0.39, 0.29) is 12.4 Å². The number of aryl methyl sites for hydroxylation is 1. The first-order chi connectivity index (χ1) is 7.32. The lowest BCUT2D eigenvalue weighted by Crippen LogP contribution is -2.40. The van der Waals surface area contributed by atoms with Crippen LogP contribution in [0.5, 0.6) is 5.75 Å². The molecule has 2 heterocycles. The molecule has 16 heavy (non-hydrogen) atoms. The monoisotopic (exact) mass is 239 g/mol. The van der Waals surface area contributed by atoms with Gasteiger partial charge in [-0.3, -0.25) is 0 Å². The highest BCUT2D eigenvalue weighted by atomic mass is 35.5. The van der Waals surface area contributed by atoms with Gasteiger partial charge in [-0.2, -0.15) is 0 Å². The Morgan fingerprint density at radius 2 is 2.00 bits per heavy atom. The van der Waals surface area contributed by atoms with Crippen LogP contribution < -0.4 is 10.1 Å². The number of nitrogens with one attached hydrogen (secondary N) is 1. The highest BCUT2D eigenvalue weighted by Gasteiger charge is 2.41. The van der Waals surface area contributed by atoms with Gasteiger partial charge in [-0.1, -0.05) is 18.2 Å². The van der Waals surface area contributed by atoms with Gasteiger partial charge >= 0.3 is 0 Å². The summed E-state index contributed by atoms with van der Waals surface area (Å²) in [5.41, 5.74) is 3.04. The van der Waals surface area contributed by atoms with Crippen LogP contribution in [0.2, 0.25) is 0 Å². The summed E-state index contributed by atoms with van der Waals surface area (Å²) < 4.78 is 5.89. The van der Waals surface area contributed by atoms with Crippen molar-refractivity contribution in [2.75, 3.05) is 19.7 Å². The second-order valence-electron chi connectivity index (χ2n) is 4.77. The predicted octanol–water partition coefficient (Wildman–Crippen LogP) is 2.43. The molecule has 3 heteroatoms. The van der Waals surface area contributed by atoms with Crippen molar-refractivity contribution in [3.05, 3.63) is 29.3 Å². The van der Waals surface area contributed by atoms with Gasteiger partial charge in [0.1, 0.15) is 5.75 Å². The maximum Gasteiger partial charge on any atom is 0.126 e. The fourth-order valence-corrected chi connectivity index (χ4v) is 2.87. The molecule has 1 aromatic rings. The minimum absolute atomic E-state index is 0. The molecule has 0 atom stereocenters. The van der Waals surface area contributed by atoms with Crippen molar-refractivity contribution in [3.63, 3.8) is 0 Å². The van der Waals surface area contributed by atoms with Gasteiger partial charge in [-0.25, -0.2) is 0 Å². The summed E-state index contributed by atoms with van der Waals surface area (Å²) >= 11 is 0. The zero-order valence-corrected chi connectivity index (χ0v) is 10.4. The lowest BCUT2D eigenvalue weighted by molar-refractivity contribution is 0.220. The molecule has 2 nitrogen and oxygen atoms in total. The smallest absolute Gasteiger partial charge is 0.126 e. The first-order valence-corrected chi connectivity index (χ1v) is 5.75. The van der Waals surface area contributed by atoms with E-state index in [1.807, 2.05) is 0 Å². The van der Waals surface area contributed by atoms with Crippen LogP contribution in [0.4, 0.5) is 0 Å². The molecule has 1 saturated heterocycles. The fraction of sp³-hybridized carbons (Fsp3) is 0.538. The van der Waals surface area contributed by atoms with E-state index in [1.54, 1.807) is 0 Å². The molecule has 3 rings (SSSR count). The molecular weight excluding hydrogens is 222 g/mol. The van der Waals surface area contributed by atoms with E-state index in [0.717, 1.165) is 25.4 Å². The number of rotatable bonds is 0. The minimum atomic E-state index is 0. The van der Waals surface area contributed by atoms with Crippen LogP contribution in [0.3, 0.4) is 0 Å². The maximum atomic E-state index is 5.89. The summed E-state index contributed by atoms with van der Waals surface area (Å²) in [6.45, 7) is 5.27. The molecule has 0 aromatic heterocycles. The Morgan fingerprint density at radius 1 is 1.25 bits per heavy atom. The number of para-hydroxylation sites is 1. The molecular formula is C13H18ClNO. The number of hydrogen-bond donors (Lipinski definition) is 1. The summed E-state index contributed by atoms with van der Waals surface area (Å²) in [7, 11) is 0. The topological polar surface area (TPSA) is 21.3 Å². The first-order valence-electron chi connectivity index (χ1n) is 5.75. The first kappa shape index (κ1) is 11.7. The Labute approximate surface area is 103 Å². The summed E-state index contributed by atoms with van der Waals surface area (Å²) in [4.78, 5) is 0. The van der Waals surface area contributed by atoms with Crippen molar-refractivity contribution >= 4 is 12.4 Å². The maximum absolute atomic E-state index is 5.89. The number of fused-ring (bicyclic) bond motifs is 2. The van der Waals surface area contributed by atoms with Crippen LogP contribution in [0, 0.1) is 6.92 Å². The van der Waals surface area contributed by atoms with Crippen LogP contribution >= 0.6 is 12.4 Å². The van der Waals surface area contributed by atoms with Crippen LogP contribution in [0.15, 0.2) is 18.2 Å². The molecule has 0 bridgehead atoms. The molecule has 2 aliphatic heterocycles. The minimum Gasteiger partial charge on any atom is -0.492 e. The fourth-order valence-electron chi connectivity index (χ4n) is 2.87.